The second kappa shape index (κ2) is 7.14. The number of rotatable bonds is 7. The van der Waals surface area contributed by atoms with Crippen LogP contribution in [0.25, 0.3) is 0 Å². The second-order valence-electron chi connectivity index (χ2n) is 3.90. The normalized spacial score (nSPS) is 12.4. The van der Waals surface area contributed by atoms with Crippen LogP contribution < -0.4 is 10.5 Å². The summed E-state index contributed by atoms with van der Waals surface area (Å²) in [6, 6.07) is 5.59. The molecule has 4 nitrogen and oxygen atoms in total. The zero-order chi connectivity index (χ0) is 12.7. The fourth-order valence-corrected chi connectivity index (χ4v) is 1.46. The first-order valence-electron chi connectivity index (χ1n) is 5.78. The first-order chi connectivity index (χ1) is 8.15. The van der Waals surface area contributed by atoms with Gasteiger partial charge in [0, 0.05) is 18.4 Å². The van der Waals surface area contributed by atoms with E-state index in [0.717, 1.165) is 11.3 Å². The fraction of sp³-hybridized carbons (Fsp3) is 0.538. The number of benzene rings is 1. The second-order valence-corrected chi connectivity index (χ2v) is 3.90. The number of anilines is 1. The molecule has 4 heteroatoms. The van der Waals surface area contributed by atoms with E-state index >= 15 is 0 Å². The van der Waals surface area contributed by atoms with Gasteiger partial charge in [0.2, 0.25) is 0 Å². The molecular formula is C13H21NO3. The van der Waals surface area contributed by atoms with Crippen molar-refractivity contribution in [1.82, 2.24) is 0 Å². The van der Waals surface area contributed by atoms with Crippen molar-refractivity contribution in [2.45, 2.75) is 26.6 Å². The van der Waals surface area contributed by atoms with Crippen molar-refractivity contribution in [2.24, 2.45) is 0 Å². The number of hydrogen-bond donors (Lipinski definition) is 1. The molecule has 96 valence electrons. The number of hydrogen-bond acceptors (Lipinski definition) is 4. The third kappa shape index (κ3) is 5.06. The molecule has 0 radical (unpaired) electrons. The van der Waals surface area contributed by atoms with E-state index in [4.69, 9.17) is 19.9 Å². The van der Waals surface area contributed by atoms with Gasteiger partial charge in [-0.1, -0.05) is 0 Å². The standard InChI is InChI=1S/C13H21NO3/c1-4-16-8-10(2)17-9-11-5-12(14)7-13(6-11)15-3/h5-7,10H,4,8-9,14H2,1-3H3. The minimum atomic E-state index is 0.0716. The topological polar surface area (TPSA) is 53.7 Å². The molecule has 0 saturated carbocycles. The molecular weight excluding hydrogens is 218 g/mol. The first kappa shape index (κ1) is 13.8. The summed E-state index contributed by atoms with van der Waals surface area (Å²) in [5.41, 5.74) is 7.45. The van der Waals surface area contributed by atoms with Crippen LogP contribution in [0.4, 0.5) is 5.69 Å². The molecule has 0 fully saturated rings. The highest BCUT2D eigenvalue weighted by atomic mass is 16.5. The van der Waals surface area contributed by atoms with Gasteiger partial charge in [0.25, 0.3) is 0 Å². The molecule has 0 aliphatic carbocycles. The summed E-state index contributed by atoms with van der Waals surface area (Å²) >= 11 is 0. The van der Waals surface area contributed by atoms with E-state index in [-0.39, 0.29) is 6.10 Å². The molecule has 1 aromatic rings. The average molecular weight is 239 g/mol. The molecule has 0 aliphatic heterocycles. The predicted octanol–water partition coefficient (Wildman–Crippen LogP) is 2.22. The molecule has 2 N–H and O–H groups in total. The van der Waals surface area contributed by atoms with Crippen molar-refractivity contribution in [3.05, 3.63) is 23.8 Å². The monoisotopic (exact) mass is 239 g/mol. The van der Waals surface area contributed by atoms with Crippen molar-refractivity contribution in [3.8, 4) is 5.75 Å². The van der Waals surface area contributed by atoms with Gasteiger partial charge in [-0.05, 0) is 31.5 Å². The van der Waals surface area contributed by atoms with Gasteiger partial charge < -0.3 is 19.9 Å². The first-order valence-corrected chi connectivity index (χ1v) is 5.78. The maximum Gasteiger partial charge on any atom is 0.121 e. The lowest BCUT2D eigenvalue weighted by Gasteiger charge is -2.13. The van der Waals surface area contributed by atoms with Gasteiger partial charge >= 0.3 is 0 Å². The van der Waals surface area contributed by atoms with E-state index in [2.05, 4.69) is 0 Å². The quantitative estimate of drug-likeness (QED) is 0.741. The van der Waals surface area contributed by atoms with E-state index in [0.29, 0.717) is 25.5 Å². The van der Waals surface area contributed by atoms with Gasteiger partial charge in [0.05, 0.1) is 26.4 Å². The van der Waals surface area contributed by atoms with E-state index in [1.807, 2.05) is 26.0 Å². The molecule has 17 heavy (non-hydrogen) atoms. The van der Waals surface area contributed by atoms with E-state index in [1.165, 1.54) is 0 Å². The summed E-state index contributed by atoms with van der Waals surface area (Å²) in [6.45, 7) is 5.78. The van der Waals surface area contributed by atoms with Gasteiger partial charge in [-0.2, -0.15) is 0 Å². The summed E-state index contributed by atoms with van der Waals surface area (Å²) in [6.07, 6.45) is 0.0716. The van der Waals surface area contributed by atoms with Crippen LogP contribution in [0.1, 0.15) is 19.4 Å². The Bertz CT molecular complexity index is 341. The Morgan fingerprint density at radius 3 is 2.71 bits per heavy atom. The van der Waals surface area contributed by atoms with Crippen molar-refractivity contribution in [2.75, 3.05) is 26.1 Å². The molecule has 0 amide bonds. The molecule has 0 spiro atoms. The molecule has 1 rings (SSSR count). The Morgan fingerprint density at radius 2 is 2.06 bits per heavy atom. The van der Waals surface area contributed by atoms with Gasteiger partial charge in [-0.25, -0.2) is 0 Å². The largest absolute Gasteiger partial charge is 0.497 e. The summed E-state index contributed by atoms with van der Waals surface area (Å²) < 4.78 is 16.1. The lowest BCUT2D eigenvalue weighted by atomic mass is 10.2. The Kier molecular flexibility index (Phi) is 5.80. The molecule has 1 atom stereocenters. The number of methoxy groups -OCH3 is 1. The summed E-state index contributed by atoms with van der Waals surface area (Å²) in [5.74, 6) is 0.751. The maximum absolute atomic E-state index is 5.76. The summed E-state index contributed by atoms with van der Waals surface area (Å²) in [5, 5.41) is 0. The highest BCUT2D eigenvalue weighted by molar-refractivity contribution is 5.47. The Morgan fingerprint density at radius 1 is 1.29 bits per heavy atom. The number of nitrogen functional groups attached to an aromatic ring is 1. The van der Waals surface area contributed by atoms with Crippen LogP contribution in [-0.4, -0.2) is 26.4 Å². The minimum Gasteiger partial charge on any atom is -0.497 e. The van der Waals surface area contributed by atoms with Gasteiger partial charge in [-0.15, -0.1) is 0 Å². The lowest BCUT2D eigenvalue weighted by Crippen LogP contribution is -2.15. The Hall–Kier alpha value is -1.26. The van der Waals surface area contributed by atoms with Crippen LogP contribution in [0.2, 0.25) is 0 Å². The number of nitrogens with two attached hydrogens (primary N) is 1. The van der Waals surface area contributed by atoms with Crippen molar-refractivity contribution in [1.29, 1.82) is 0 Å². The van der Waals surface area contributed by atoms with Crippen molar-refractivity contribution in [3.63, 3.8) is 0 Å². The van der Waals surface area contributed by atoms with E-state index < -0.39 is 0 Å². The van der Waals surface area contributed by atoms with Crippen molar-refractivity contribution >= 4 is 5.69 Å². The zero-order valence-electron chi connectivity index (χ0n) is 10.7. The minimum absolute atomic E-state index is 0.0716. The molecule has 0 bridgehead atoms. The van der Waals surface area contributed by atoms with Crippen molar-refractivity contribution < 1.29 is 14.2 Å². The summed E-state index contributed by atoms with van der Waals surface area (Å²) in [4.78, 5) is 0. The molecule has 1 aromatic carbocycles. The SMILES string of the molecule is CCOCC(C)OCc1cc(N)cc(OC)c1. The molecule has 0 aromatic heterocycles. The third-order valence-corrected chi connectivity index (χ3v) is 2.32. The molecule has 0 saturated heterocycles. The zero-order valence-corrected chi connectivity index (χ0v) is 10.7. The molecule has 0 heterocycles. The molecule has 1 unspecified atom stereocenters. The highest BCUT2D eigenvalue weighted by Gasteiger charge is 2.04. The van der Waals surface area contributed by atoms with E-state index in [9.17, 15) is 0 Å². The molecule has 0 aliphatic rings. The fourth-order valence-electron chi connectivity index (χ4n) is 1.46. The smallest absolute Gasteiger partial charge is 0.121 e. The van der Waals surface area contributed by atoms with Gasteiger partial charge in [0.1, 0.15) is 5.75 Å². The third-order valence-electron chi connectivity index (χ3n) is 2.32. The van der Waals surface area contributed by atoms with Gasteiger partial charge in [-0.3, -0.25) is 0 Å². The Labute approximate surface area is 103 Å². The van der Waals surface area contributed by atoms with Crippen LogP contribution >= 0.6 is 0 Å². The lowest BCUT2D eigenvalue weighted by molar-refractivity contribution is -0.0116. The van der Waals surface area contributed by atoms with Gasteiger partial charge in [0.15, 0.2) is 0 Å². The summed E-state index contributed by atoms with van der Waals surface area (Å²) in [7, 11) is 1.62. The van der Waals surface area contributed by atoms with Crippen LogP contribution in [0.5, 0.6) is 5.75 Å². The van der Waals surface area contributed by atoms with Crippen LogP contribution in [0.3, 0.4) is 0 Å². The average Bonchev–Trinajstić information content (AvgIpc) is 2.33. The van der Waals surface area contributed by atoms with Crippen LogP contribution in [-0.2, 0) is 16.1 Å². The maximum atomic E-state index is 5.76. The van der Waals surface area contributed by atoms with Crippen LogP contribution in [0.15, 0.2) is 18.2 Å². The highest BCUT2D eigenvalue weighted by Crippen LogP contribution is 2.19. The van der Waals surface area contributed by atoms with Crippen LogP contribution in [0, 0.1) is 0 Å². The predicted molar refractivity (Wildman–Crippen MR) is 68.2 cm³/mol. The Balaban J connectivity index is 2.48. The van der Waals surface area contributed by atoms with E-state index in [1.54, 1.807) is 13.2 Å². The number of ether oxygens (including phenoxy) is 3.